The minimum absolute atomic E-state index is 0.611. The van der Waals surface area contributed by atoms with E-state index in [1.165, 1.54) is 109 Å². The van der Waals surface area contributed by atoms with Crippen molar-refractivity contribution in [3.05, 3.63) is 12.4 Å². The zero-order valence-corrected chi connectivity index (χ0v) is 19.2. The lowest BCUT2D eigenvalue weighted by molar-refractivity contribution is 0.114. The zero-order valence-electron chi connectivity index (χ0n) is 19.2. The molecule has 0 aromatic heterocycles. The third-order valence-corrected chi connectivity index (χ3v) is 6.09. The first-order chi connectivity index (χ1) is 13.2. The second kappa shape index (κ2) is 16.3. The first-order valence-corrected chi connectivity index (χ1v) is 12.4. The van der Waals surface area contributed by atoms with Gasteiger partial charge in [0, 0.05) is 25.0 Å². The van der Waals surface area contributed by atoms with Crippen molar-refractivity contribution >= 4 is 0 Å². The summed E-state index contributed by atoms with van der Waals surface area (Å²) in [6.07, 6.45) is 27.8. The summed E-state index contributed by atoms with van der Waals surface area (Å²) < 4.78 is 0. The average molecular weight is 379 g/mol. The molecule has 1 atom stereocenters. The van der Waals surface area contributed by atoms with Crippen LogP contribution in [0.3, 0.4) is 0 Å². The Labute approximate surface area is 171 Å². The second-order valence-electron chi connectivity index (χ2n) is 8.94. The SMILES string of the molecule is CCCCCCCCCCCCN1C=CN(C(C)C)C1CCCCCCC. The van der Waals surface area contributed by atoms with E-state index in [-0.39, 0.29) is 0 Å². The number of nitrogens with zero attached hydrogens (tertiary/aromatic N) is 2. The molecule has 0 saturated heterocycles. The number of unbranched alkanes of at least 4 members (excludes halogenated alkanes) is 13. The van der Waals surface area contributed by atoms with Crippen LogP contribution in [0, 0.1) is 0 Å². The molecule has 27 heavy (non-hydrogen) atoms. The fraction of sp³-hybridized carbons (Fsp3) is 0.920. The van der Waals surface area contributed by atoms with Crippen molar-refractivity contribution in [1.82, 2.24) is 9.80 Å². The Morgan fingerprint density at radius 3 is 1.63 bits per heavy atom. The van der Waals surface area contributed by atoms with Gasteiger partial charge in [-0.15, -0.1) is 0 Å². The van der Waals surface area contributed by atoms with E-state index in [2.05, 4.69) is 49.9 Å². The third kappa shape index (κ3) is 11.1. The molecule has 1 aliphatic rings. The molecule has 160 valence electrons. The van der Waals surface area contributed by atoms with Crippen molar-refractivity contribution in [3.8, 4) is 0 Å². The smallest absolute Gasteiger partial charge is 0.101 e. The molecule has 0 fully saturated rings. The Hall–Kier alpha value is -0.660. The number of rotatable bonds is 18. The molecule has 1 rings (SSSR count). The molecule has 1 heterocycles. The Morgan fingerprint density at radius 1 is 0.630 bits per heavy atom. The molecule has 0 aliphatic carbocycles. The van der Waals surface area contributed by atoms with Crippen LogP contribution >= 0.6 is 0 Å². The predicted octanol–water partition coefficient (Wildman–Crippen LogP) is 8.09. The van der Waals surface area contributed by atoms with Crippen molar-refractivity contribution in [2.45, 2.75) is 143 Å². The summed E-state index contributed by atoms with van der Waals surface area (Å²) in [5.74, 6) is 0. The maximum absolute atomic E-state index is 2.63. The first kappa shape index (κ1) is 24.4. The van der Waals surface area contributed by atoms with Crippen molar-refractivity contribution in [1.29, 1.82) is 0 Å². The van der Waals surface area contributed by atoms with E-state index in [1.807, 2.05) is 0 Å². The van der Waals surface area contributed by atoms with Gasteiger partial charge < -0.3 is 9.80 Å². The monoisotopic (exact) mass is 378 g/mol. The van der Waals surface area contributed by atoms with Crippen LogP contribution in [0.5, 0.6) is 0 Å². The van der Waals surface area contributed by atoms with Crippen molar-refractivity contribution < 1.29 is 0 Å². The summed E-state index contributed by atoms with van der Waals surface area (Å²) in [6.45, 7) is 10.5. The van der Waals surface area contributed by atoms with Gasteiger partial charge in [-0.1, -0.05) is 97.3 Å². The van der Waals surface area contributed by atoms with Gasteiger partial charge in [-0.2, -0.15) is 0 Å². The highest BCUT2D eigenvalue weighted by atomic mass is 15.4. The lowest BCUT2D eigenvalue weighted by atomic mass is 10.1. The van der Waals surface area contributed by atoms with Crippen LogP contribution in [0.15, 0.2) is 12.4 Å². The molecular formula is C25H50N2. The van der Waals surface area contributed by atoms with E-state index in [0.717, 1.165) is 0 Å². The van der Waals surface area contributed by atoms with Crippen LogP contribution in [0.1, 0.15) is 130 Å². The van der Waals surface area contributed by atoms with Crippen LogP contribution in [0.2, 0.25) is 0 Å². The highest BCUT2D eigenvalue weighted by Gasteiger charge is 2.26. The molecule has 2 nitrogen and oxygen atoms in total. The van der Waals surface area contributed by atoms with Crippen LogP contribution < -0.4 is 0 Å². The van der Waals surface area contributed by atoms with Gasteiger partial charge in [0.15, 0.2) is 0 Å². The van der Waals surface area contributed by atoms with Gasteiger partial charge >= 0.3 is 0 Å². The third-order valence-electron chi connectivity index (χ3n) is 6.09. The maximum atomic E-state index is 2.63. The Morgan fingerprint density at radius 2 is 1.11 bits per heavy atom. The molecule has 0 aromatic rings. The first-order valence-electron chi connectivity index (χ1n) is 12.4. The van der Waals surface area contributed by atoms with Crippen molar-refractivity contribution in [2.24, 2.45) is 0 Å². The molecule has 0 amide bonds. The second-order valence-corrected chi connectivity index (χ2v) is 8.94. The van der Waals surface area contributed by atoms with Gasteiger partial charge in [-0.3, -0.25) is 0 Å². The standard InChI is InChI=1S/C25H50N2/c1-5-7-9-11-12-13-14-15-17-19-21-26-22-23-27(24(3)4)25(26)20-18-16-10-8-6-2/h22-25H,5-21H2,1-4H3. The van der Waals surface area contributed by atoms with Crippen molar-refractivity contribution in [2.75, 3.05) is 6.54 Å². The van der Waals surface area contributed by atoms with Crippen LogP contribution in [-0.4, -0.2) is 28.6 Å². The van der Waals surface area contributed by atoms with E-state index >= 15 is 0 Å². The lowest BCUT2D eigenvalue weighted by Gasteiger charge is -2.35. The van der Waals surface area contributed by atoms with Crippen LogP contribution in [0.25, 0.3) is 0 Å². The highest BCUT2D eigenvalue weighted by molar-refractivity contribution is 4.98. The van der Waals surface area contributed by atoms with Gasteiger partial charge in [0.25, 0.3) is 0 Å². The quantitative estimate of drug-likeness (QED) is 0.222. The maximum Gasteiger partial charge on any atom is 0.101 e. The van der Waals surface area contributed by atoms with E-state index in [1.54, 1.807) is 0 Å². The van der Waals surface area contributed by atoms with Crippen LogP contribution in [-0.2, 0) is 0 Å². The van der Waals surface area contributed by atoms with E-state index in [9.17, 15) is 0 Å². The molecule has 0 spiro atoms. The summed E-state index contributed by atoms with van der Waals surface area (Å²) in [7, 11) is 0. The Bertz CT molecular complexity index is 350. The van der Waals surface area contributed by atoms with Crippen molar-refractivity contribution in [3.63, 3.8) is 0 Å². The summed E-state index contributed by atoms with van der Waals surface area (Å²) in [4.78, 5) is 5.21. The summed E-state index contributed by atoms with van der Waals surface area (Å²) >= 11 is 0. The van der Waals surface area contributed by atoms with E-state index in [0.29, 0.717) is 12.2 Å². The Kier molecular flexibility index (Phi) is 14.7. The fourth-order valence-electron chi connectivity index (χ4n) is 4.30. The summed E-state index contributed by atoms with van der Waals surface area (Å²) in [5.41, 5.74) is 0. The van der Waals surface area contributed by atoms with Gasteiger partial charge in [-0.25, -0.2) is 0 Å². The van der Waals surface area contributed by atoms with Gasteiger partial charge in [0.05, 0.1) is 0 Å². The number of hydrogen-bond acceptors (Lipinski definition) is 2. The summed E-state index contributed by atoms with van der Waals surface area (Å²) in [5, 5.41) is 0. The molecule has 0 N–H and O–H groups in total. The minimum atomic E-state index is 0.611. The Balaban J connectivity index is 2.14. The van der Waals surface area contributed by atoms with Gasteiger partial charge in [0.1, 0.15) is 6.17 Å². The molecule has 0 bridgehead atoms. The highest BCUT2D eigenvalue weighted by Crippen LogP contribution is 2.24. The zero-order chi connectivity index (χ0) is 19.7. The number of hydrogen-bond donors (Lipinski definition) is 0. The average Bonchev–Trinajstić information content (AvgIpc) is 3.06. The molecule has 1 aliphatic heterocycles. The minimum Gasteiger partial charge on any atom is -0.356 e. The van der Waals surface area contributed by atoms with E-state index in [4.69, 9.17) is 0 Å². The largest absolute Gasteiger partial charge is 0.356 e. The predicted molar refractivity (Wildman–Crippen MR) is 122 cm³/mol. The normalized spacial score (nSPS) is 16.9. The van der Waals surface area contributed by atoms with Crippen LogP contribution in [0.4, 0.5) is 0 Å². The topological polar surface area (TPSA) is 6.48 Å². The van der Waals surface area contributed by atoms with E-state index < -0.39 is 0 Å². The van der Waals surface area contributed by atoms with Gasteiger partial charge in [0.2, 0.25) is 0 Å². The molecule has 0 saturated carbocycles. The van der Waals surface area contributed by atoms with Gasteiger partial charge in [-0.05, 0) is 33.1 Å². The molecule has 0 radical (unpaired) electrons. The fourth-order valence-corrected chi connectivity index (χ4v) is 4.30. The molecule has 1 unspecified atom stereocenters. The molecule has 2 heteroatoms. The molecule has 0 aromatic carbocycles. The molecular weight excluding hydrogens is 328 g/mol. The summed E-state index contributed by atoms with van der Waals surface area (Å²) in [6, 6.07) is 0.611. The lowest BCUT2D eigenvalue weighted by Crippen LogP contribution is -2.42.